The van der Waals surface area contributed by atoms with Gasteiger partial charge < -0.3 is 14.8 Å². The van der Waals surface area contributed by atoms with E-state index < -0.39 is 0 Å². The van der Waals surface area contributed by atoms with Crippen LogP contribution >= 0.6 is 0 Å². The molecule has 1 aliphatic rings. The standard InChI is InChI=1S/C16H19N3O2/c1-18(2)16(21)14-7-8-15(20)19(14)10-11-9-17-13-6-4-3-5-12(11)13/h3-6,9,14,17H,7-8,10H2,1-2H3. The molecule has 0 aliphatic carbocycles. The first-order chi connectivity index (χ1) is 10.1. The van der Waals surface area contributed by atoms with Gasteiger partial charge in [-0.2, -0.15) is 0 Å². The second-order valence-electron chi connectivity index (χ2n) is 5.67. The first-order valence-electron chi connectivity index (χ1n) is 7.13. The number of hydrogen-bond acceptors (Lipinski definition) is 2. The largest absolute Gasteiger partial charge is 0.361 e. The van der Waals surface area contributed by atoms with E-state index in [0.29, 0.717) is 19.4 Å². The SMILES string of the molecule is CN(C)C(=O)C1CCC(=O)N1Cc1c[nH]c2ccccc12. The molecule has 1 saturated heterocycles. The Morgan fingerprint density at radius 1 is 1.38 bits per heavy atom. The zero-order chi connectivity index (χ0) is 15.0. The Morgan fingerprint density at radius 2 is 2.14 bits per heavy atom. The number of rotatable bonds is 3. The number of aromatic amines is 1. The number of aromatic nitrogens is 1. The maximum atomic E-state index is 12.2. The van der Waals surface area contributed by atoms with Crippen molar-refractivity contribution in [1.29, 1.82) is 0 Å². The van der Waals surface area contributed by atoms with Gasteiger partial charge >= 0.3 is 0 Å². The molecule has 0 bridgehead atoms. The number of carbonyl (C=O) groups excluding carboxylic acids is 2. The molecule has 1 fully saturated rings. The number of para-hydroxylation sites is 1. The second kappa shape index (κ2) is 5.24. The van der Waals surface area contributed by atoms with Gasteiger partial charge in [0.15, 0.2) is 0 Å². The van der Waals surface area contributed by atoms with Gasteiger partial charge in [-0.25, -0.2) is 0 Å². The number of hydrogen-bond donors (Lipinski definition) is 1. The van der Waals surface area contributed by atoms with E-state index in [9.17, 15) is 9.59 Å². The Kier molecular flexibility index (Phi) is 3.41. The number of amides is 2. The third kappa shape index (κ3) is 2.39. The Labute approximate surface area is 123 Å². The minimum Gasteiger partial charge on any atom is -0.361 e. The molecule has 1 aliphatic heterocycles. The van der Waals surface area contributed by atoms with Crippen molar-refractivity contribution in [3.8, 4) is 0 Å². The minimum absolute atomic E-state index is 0.000640. The summed E-state index contributed by atoms with van der Waals surface area (Å²) in [5.74, 6) is 0.0566. The first-order valence-corrected chi connectivity index (χ1v) is 7.13. The molecule has 1 aromatic carbocycles. The van der Waals surface area contributed by atoms with Gasteiger partial charge in [-0.05, 0) is 18.1 Å². The molecule has 1 aromatic heterocycles. The number of carbonyl (C=O) groups is 2. The van der Waals surface area contributed by atoms with E-state index in [4.69, 9.17) is 0 Å². The molecule has 2 aromatic rings. The van der Waals surface area contributed by atoms with Crippen molar-refractivity contribution in [1.82, 2.24) is 14.8 Å². The van der Waals surface area contributed by atoms with Crippen molar-refractivity contribution in [3.05, 3.63) is 36.0 Å². The zero-order valence-corrected chi connectivity index (χ0v) is 12.3. The molecule has 1 N–H and O–H groups in total. The fourth-order valence-electron chi connectivity index (χ4n) is 2.93. The molecule has 1 unspecified atom stereocenters. The lowest BCUT2D eigenvalue weighted by molar-refractivity contribution is -0.140. The molecule has 0 spiro atoms. The summed E-state index contributed by atoms with van der Waals surface area (Å²) in [6, 6.07) is 7.66. The van der Waals surface area contributed by atoms with Gasteiger partial charge in [-0.3, -0.25) is 9.59 Å². The first kappa shape index (κ1) is 13.7. The fourth-order valence-corrected chi connectivity index (χ4v) is 2.93. The molecule has 5 nitrogen and oxygen atoms in total. The van der Waals surface area contributed by atoms with Crippen LogP contribution in [0.3, 0.4) is 0 Å². The van der Waals surface area contributed by atoms with E-state index in [2.05, 4.69) is 4.98 Å². The number of fused-ring (bicyclic) bond motifs is 1. The summed E-state index contributed by atoms with van der Waals surface area (Å²) in [4.78, 5) is 30.8. The Bertz CT molecular complexity index is 690. The lowest BCUT2D eigenvalue weighted by Gasteiger charge is -2.26. The van der Waals surface area contributed by atoms with E-state index in [-0.39, 0.29) is 17.9 Å². The predicted octanol–water partition coefficient (Wildman–Crippen LogP) is 1.75. The van der Waals surface area contributed by atoms with Crippen molar-refractivity contribution in [2.75, 3.05) is 14.1 Å². The number of likely N-dealkylation sites (N-methyl/N-ethyl adjacent to an activating group) is 1. The van der Waals surface area contributed by atoms with E-state index in [1.807, 2.05) is 30.5 Å². The average Bonchev–Trinajstić information content (AvgIpc) is 3.04. The van der Waals surface area contributed by atoms with Gasteiger partial charge in [0.25, 0.3) is 0 Å². The second-order valence-corrected chi connectivity index (χ2v) is 5.67. The van der Waals surface area contributed by atoms with Crippen LogP contribution in [0.25, 0.3) is 10.9 Å². The zero-order valence-electron chi connectivity index (χ0n) is 12.3. The molecular formula is C16H19N3O2. The summed E-state index contributed by atoms with van der Waals surface area (Å²) in [5.41, 5.74) is 2.10. The van der Waals surface area contributed by atoms with Crippen LogP contribution in [-0.2, 0) is 16.1 Å². The van der Waals surface area contributed by atoms with Gasteiger partial charge in [-0.15, -0.1) is 0 Å². The van der Waals surface area contributed by atoms with Gasteiger partial charge in [0.1, 0.15) is 6.04 Å². The van der Waals surface area contributed by atoms with E-state index in [1.165, 1.54) is 0 Å². The highest BCUT2D eigenvalue weighted by atomic mass is 16.2. The molecule has 0 saturated carbocycles. The fraction of sp³-hybridized carbons (Fsp3) is 0.375. The third-order valence-electron chi connectivity index (χ3n) is 4.07. The van der Waals surface area contributed by atoms with Crippen molar-refractivity contribution in [2.24, 2.45) is 0 Å². The molecule has 0 radical (unpaired) electrons. The summed E-state index contributed by atoms with van der Waals surface area (Å²) >= 11 is 0. The summed E-state index contributed by atoms with van der Waals surface area (Å²) in [5, 5.41) is 1.10. The van der Waals surface area contributed by atoms with Crippen LogP contribution < -0.4 is 0 Å². The third-order valence-corrected chi connectivity index (χ3v) is 4.07. The lowest BCUT2D eigenvalue weighted by Crippen LogP contribution is -2.43. The molecule has 1 atom stereocenters. The quantitative estimate of drug-likeness (QED) is 0.934. The maximum Gasteiger partial charge on any atom is 0.244 e. The van der Waals surface area contributed by atoms with Crippen molar-refractivity contribution < 1.29 is 9.59 Å². The average molecular weight is 285 g/mol. The summed E-state index contributed by atoms with van der Waals surface area (Å²) in [6.45, 7) is 0.479. The normalized spacial score (nSPS) is 18.5. The smallest absolute Gasteiger partial charge is 0.244 e. The number of nitrogens with one attached hydrogen (secondary N) is 1. The van der Waals surface area contributed by atoms with Crippen LogP contribution in [0.1, 0.15) is 18.4 Å². The van der Waals surface area contributed by atoms with Gasteiger partial charge in [0.2, 0.25) is 11.8 Å². The van der Waals surface area contributed by atoms with Crippen LogP contribution in [0.5, 0.6) is 0 Å². The highest BCUT2D eigenvalue weighted by Gasteiger charge is 2.36. The van der Waals surface area contributed by atoms with E-state index in [0.717, 1.165) is 16.5 Å². The predicted molar refractivity (Wildman–Crippen MR) is 80.6 cm³/mol. The lowest BCUT2D eigenvalue weighted by atomic mass is 10.1. The number of benzene rings is 1. The number of nitrogens with zero attached hydrogens (tertiary/aromatic N) is 2. The van der Waals surface area contributed by atoms with Crippen LogP contribution in [0.2, 0.25) is 0 Å². The maximum absolute atomic E-state index is 12.2. The van der Waals surface area contributed by atoms with Crippen LogP contribution in [0, 0.1) is 0 Å². The Morgan fingerprint density at radius 3 is 2.90 bits per heavy atom. The Hall–Kier alpha value is -2.30. The molecular weight excluding hydrogens is 266 g/mol. The van der Waals surface area contributed by atoms with Gasteiger partial charge in [0.05, 0.1) is 0 Å². The highest BCUT2D eigenvalue weighted by Crippen LogP contribution is 2.26. The molecule has 2 heterocycles. The number of likely N-dealkylation sites (tertiary alicyclic amines) is 1. The van der Waals surface area contributed by atoms with Crippen molar-refractivity contribution in [3.63, 3.8) is 0 Å². The summed E-state index contributed by atoms with van der Waals surface area (Å²) in [7, 11) is 3.46. The van der Waals surface area contributed by atoms with Gasteiger partial charge in [-0.1, -0.05) is 18.2 Å². The van der Waals surface area contributed by atoms with E-state index in [1.54, 1.807) is 23.9 Å². The monoisotopic (exact) mass is 285 g/mol. The van der Waals surface area contributed by atoms with Crippen molar-refractivity contribution in [2.45, 2.75) is 25.4 Å². The molecule has 3 rings (SSSR count). The van der Waals surface area contributed by atoms with Crippen LogP contribution in [0.4, 0.5) is 0 Å². The van der Waals surface area contributed by atoms with E-state index >= 15 is 0 Å². The Balaban J connectivity index is 1.88. The van der Waals surface area contributed by atoms with Crippen molar-refractivity contribution >= 4 is 22.7 Å². The molecule has 110 valence electrons. The van der Waals surface area contributed by atoms with Crippen LogP contribution in [0.15, 0.2) is 30.5 Å². The van der Waals surface area contributed by atoms with Crippen LogP contribution in [-0.4, -0.2) is 46.7 Å². The summed E-state index contributed by atoms with van der Waals surface area (Å²) < 4.78 is 0. The topological polar surface area (TPSA) is 56.4 Å². The highest BCUT2D eigenvalue weighted by molar-refractivity contribution is 5.91. The molecule has 5 heteroatoms. The molecule has 21 heavy (non-hydrogen) atoms. The molecule has 2 amide bonds. The number of H-pyrrole nitrogens is 1. The van der Waals surface area contributed by atoms with Gasteiger partial charge in [0, 0.05) is 44.2 Å². The summed E-state index contributed by atoms with van der Waals surface area (Å²) in [6.07, 6.45) is 2.98. The minimum atomic E-state index is -0.332.